The van der Waals surface area contributed by atoms with Crippen LogP contribution in [0.1, 0.15) is 29.5 Å². The third-order valence-electron chi connectivity index (χ3n) is 4.11. The number of benzene rings is 2. The molecule has 22 heavy (non-hydrogen) atoms. The highest BCUT2D eigenvalue weighted by atomic mass is 16.7. The Morgan fingerprint density at radius 3 is 2.27 bits per heavy atom. The molecule has 4 heteroatoms. The van der Waals surface area contributed by atoms with Gasteiger partial charge in [0.2, 0.25) is 6.79 Å². The number of hydrogen-bond acceptors (Lipinski definition) is 4. The predicted octanol–water partition coefficient (Wildman–Crippen LogP) is 3.89. The predicted molar refractivity (Wildman–Crippen MR) is 84.4 cm³/mol. The summed E-state index contributed by atoms with van der Waals surface area (Å²) in [6.07, 6.45) is 0. The molecule has 0 spiro atoms. The summed E-state index contributed by atoms with van der Waals surface area (Å²) in [6, 6.07) is 10.1. The van der Waals surface area contributed by atoms with Gasteiger partial charge in [0.25, 0.3) is 0 Å². The fourth-order valence-corrected chi connectivity index (χ4v) is 2.80. The maximum Gasteiger partial charge on any atom is 0.231 e. The van der Waals surface area contributed by atoms with E-state index in [9.17, 15) is 0 Å². The van der Waals surface area contributed by atoms with Crippen LogP contribution in [-0.4, -0.2) is 21.0 Å². The van der Waals surface area contributed by atoms with Gasteiger partial charge in [0.05, 0.1) is 14.2 Å². The average molecular weight is 300 g/mol. The molecule has 1 aliphatic heterocycles. The number of hydrogen-bond donors (Lipinski definition) is 0. The van der Waals surface area contributed by atoms with Gasteiger partial charge in [0.15, 0.2) is 11.5 Å². The Labute approximate surface area is 130 Å². The maximum atomic E-state index is 5.53. The Morgan fingerprint density at radius 2 is 1.64 bits per heavy atom. The number of aryl methyl sites for hydroxylation is 1. The van der Waals surface area contributed by atoms with Crippen molar-refractivity contribution >= 4 is 0 Å². The number of ether oxygens (including phenoxy) is 4. The number of rotatable bonds is 4. The van der Waals surface area contributed by atoms with Crippen LogP contribution in [0.2, 0.25) is 0 Å². The molecule has 0 amide bonds. The van der Waals surface area contributed by atoms with Gasteiger partial charge in [-0.1, -0.05) is 19.1 Å². The van der Waals surface area contributed by atoms with E-state index in [0.29, 0.717) is 0 Å². The van der Waals surface area contributed by atoms with Crippen LogP contribution in [0.3, 0.4) is 0 Å². The molecular weight excluding hydrogens is 280 g/mol. The molecule has 0 aromatic heterocycles. The normalized spacial score (nSPS) is 13.8. The Hall–Kier alpha value is -2.36. The van der Waals surface area contributed by atoms with Crippen molar-refractivity contribution in [1.29, 1.82) is 0 Å². The lowest BCUT2D eigenvalue weighted by Crippen LogP contribution is -2.01. The second-order valence-corrected chi connectivity index (χ2v) is 5.40. The highest BCUT2D eigenvalue weighted by Crippen LogP contribution is 2.42. The van der Waals surface area contributed by atoms with E-state index in [1.807, 2.05) is 25.1 Å². The average Bonchev–Trinajstić information content (AvgIpc) is 3.00. The molecule has 116 valence electrons. The smallest absolute Gasteiger partial charge is 0.231 e. The van der Waals surface area contributed by atoms with Gasteiger partial charge in [0, 0.05) is 17.5 Å². The molecule has 1 unspecified atom stereocenters. The third-order valence-corrected chi connectivity index (χ3v) is 4.11. The summed E-state index contributed by atoms with van der Waals surface area (Å²) in [7, 11) is 3.36. The van der Waals surface area contributed by atoms with Gasteiger partial charge in [-0.2, -0.15) is 0 Å². The van der Waals surface area contributed by atoms with Gasteiger partial charge < -0.3 is 18.9 Å². The summed E-state index contributed by atoms with van der Waals surface area (Å²) in [5.74, 6) is 3.39. The van der Waals surface area contributed by atoms with Crippen molar-refractivity contribution in [3.8, 4) is 23.0 Å². The quantitative estimate of drug-likeness (QED) is 0.858. The van der Waals surface area contributed by atoms with Gasteiger partial charge in [-0.05, 0) is 30.2 Å². The Bertz CT molecular complexity index is 694. The zero-order valence-electron chi connectivity index (χ0n) is 13.3. The fraction of sp³-hybridized carbons (Fsp3) is 0.333. The monoisotopic (exact) mass is 300 g/mol. The van der Waals surface area contributed by atoms with Crippen LogP contribution in [0.15, 0.2) is 30.3 Å². The van der Waals surface area contributed by atoms with Crippen LogP contribution >= 0.6 is 0 Å². The van der Waals surface area contributed by atoms with Gasteiger partial charge in [0.1, 0.15) is 11.5 Å². The molecule has 0 N–H and O–H groups in total. The summed E-state index contributed by atoms with van der Waals surface area (Å²) in [5.41, 5.74) is 3.40. The topological polar surface area (TPSA) is 36.9 Å². The summed E-state index contributed by atoms with van der Waals surface area (Å²) in [5, 5.41) is 0. The molecule has 0 fully saturated rings. The lowest BCUT2D eigenvalue weighted by molar-refractivity contribution is 0.174. The largest absolute Gasteiger partial charge is 0.496 e. The van der Waals surface area contributed by atoms with Crippen molar-refractivity contribution in [3.63, 3.8) is 0 Å². The second kappa shape index (κ2) is 5.79. The molecule has 0 saturated carbocycles. The molecule has 1 heterocycles. The first-order chi connectivity index (χ1) is 10.6. The summed E-state index contributed by atoms with van der Waals surface area (Å²) >= 11 is 0. The highest BCUT2D eigenvalue weighted by Gasteiger charge is 2.22. The Kier molecular flexibility index (Phi) is 3.84. The van der Waals surface area contributed by atoms with Crippen molar-refractivity contribution < 1.29 is 18.9 Å². The fourth-order valence-electron chi connectivity index (χ4n) is 2.80. The van der Waals surface area contributed by atoms with E-state index < -0.39 is 0 Å². The van der Waals surface area contributed by atoms with Crippen LogP contribution in [0, 0.1) is 6.92 Å². The molecule has 2 aromatic rings. The van der Waals surface area contributed by atoms with Crippen molar-refractivity contribution in [3.05, 3.63) is 47.0 Å². The van der Waals surface area contributed by atoms with E-state index in [-0.39, 0.29) is 12.7 Å². The van der Waals surface area contributed by atoms with Gasteiger partial charge in [-0.25, -0.2) is 0 Å². The second-order valence-electron chi connectivity index (χ2n) is 5.40. The van der Waals surface area contributed by atoms with E-state index in [4.69, 9.17) is 18.9 Å². The van der Waals surface area contributed by atoms with Crippen molar-refractivity contribution in [2.75, 3.05) is 21.0 Å². The van der Waals surface area contributed by atoms with E-state index in [0.717, 1.165) is 34.1 Å². The first kappa shape index (κ1) is 14.6. The van der Waals surface area contributed by atoms with E-state index in [1.165, 1.54) is 5.56 Å². The van der Waals surface area contributed by atoms with Crippen LogP contribution in [-0.2, 0) is 0 Å². The molecular formula is C18H20O4. The zero-order valence-corrected chi connectivity index (χ0v) is 13.3. The lowest BCUT2D eigenvalue weighted by Gasteiger charge is -2.18. The Morgan fingerprint density at radius 1 is 0.955 bits per heavy atom. The molecule has 0 bridgehead atoms. The lowest BCUT2D eigenvalue weighted by atomic mass is 9.91. The van der Waals surface area contributed by atoms with Crippen LogP contribution in [0.25, 0.3) is 0 Å². The van der Waals surface area contributed by atoms with Crippen molar-refractivity contribution in [2.24, 2.45) is 0 Å². The molecule has 2 aromatic carbocycles. The molecule has 3 rings (SSSR count). The highest BCUT2D eigenvalue weighted by molar-refractivity contribution is 5.55. The van der Waals surface area contributed by atoms with E-state index in [1.54, 1.807) is 14.2 Å². The van der Waals surface area contributed by atoms with Crippen molar-refractivity contribution in [2.45, 2.75) is 19.8 Å². The first-order valence-corrected chi connectivity index (χ1v) is 7.26. The molecule has 1 atom stereocenters. The van der Waals surface area contributed by atoms with Crippen LogP contribution in [0.4, 0.5) is 0 Å². The molecule has 0 aliphatic carbocycles. The molecule has 4 nitrogen and oxygen atoms in total. The van der Waals surface area contributed by atoms with Crippen LogP contribution < -0.4 is 18.9 Å². The maximum absolute atomic E-state index is 5.53. The summed E-state index contributed by atoms with van der Waals surface area (Å²) < 4.78 is 21.8. The summed E-state index contributed by atoms with van der Waals surface area (Å²) in [6.45, 7) is 4.46. The number of fused-ring (bicyclic) bond motifs is 1. The Balaban J connectivity index is 2.01. The SMILES string of the molecule is COc1ccc(C(C)c2cc3c(cc2OC)OCO3)cc1C. The minimum Gasteiger partial charge on any atom is -0.496 e. The first-order valence-electron chi connectivity index (χ1n) is 7.26. The molecule has 1 aliphatic rings. The zero-order chi connectivity index (χ0) is 15.7. The molecule has 0 radical (unpaired) electrons. The van der Waals surface area contributed by atoms with Crippen LogP contribution in [0.5, 0.6) is 23.0 Å². The minimum atomic E-state index is 0.175. The van der Waals surface area contributed by atoms with Gasteiger partial charge >= 0.3 is 0 Å². The minimum absolute atomic E-state index is 0.175. The van der Waals surface area contributed by atoms with Gasteiger partial charge in [-0.15, -0.1) is 0 Å². The number of methoxy groups -OCH3 is 2. The molecule has 0 saturated heterocycles. The van der Waals surface area contributed by atoms with Crippen molar-refractivity contribution in [1.82, 2.24) is 0 Å². The van der Waals surface area contributed by atoms with E-state index in [2.05, 4.69) is 19.1 Å². The standard InChI is InChI=1S/C18H20O4/c1-11-7-13(5-6-15(11)19-3)12(2)14-8-17-18(22-10-21-17)9-16(14)20-4/h5-9,12H,10H2,1-4H3. The third kappa shape index (κ3) is 2.45. The van der Waals surface area contributed by atoms with Gasteiger partial charge in [-0.3, -0.25) is 0 Å². The summed E-state index contributed by atoms with van der Waals surface area (Å²) in [4.78, 5) is 0. The van der Waals surface area contributed by atoms with E-state index >= 15 is 0 Å².